The lowest BCUT2D eigenvalue weighted by atomic mass is 10.2. The largest absolute Gasteiger partial charge is 0.463 e. The number of hydrogen-bond donors (Lipinski definition) is 0. The van der Waals surface area contributed by atoms with Gasteiger partial charge in [0.25, 0.3) is 0 Å². The number of esters is 2. The predicted molar refractivity (Wildman–Crippen MR) is 75.9 cm³/mol. The number of carbonyl (C=O) groups excluding carboxylic acids is 2. The van der Waals surface area contributed by atoms with Crippen molar-refractivity contribution in [3.8, 4) is 0 Å². The fraction of sp³-hybridized carbons (Fsp3) is 0.600. The van der Waals surface area contributed by atoms with Crippen LogP contribution in [0.25, 0.3) is 0 Å². The first-order valence-corrected chi connectivity index (χ1v) is 6.87. The van der Waals surface area contributed by atoms with Gasteiger partial charge in [-0.2, -0.15) is 0 Å². The van der Waals surface area contributed by atoms with E-state index in [0.29, 0.717) is 19.6 Å². The van der Waals surface area contributed by atoms with Gasteiger partial charge in [0.1, 0.15) is 0 Å². The lowest BCUT2D eigenvalue weighted by molar-refractivity contribution is -0.174. The van der Waals surface area contributed by atoms with Gasteiger partial charge in [0.05, 0.1) is 13.2 Å². The van der Waals surface area contributed by atoms with Crippen LogP contribution in [0.3, 0.4) is 0 Å². The molecule has 0 aromatic heterocycles. The number of ether oxygens (including phenoxy) is 3. The first-order chi connectivity index (χ1) is 9.63. The molecule has 0 aromatic carbocycles. The molecule has 0 aliphatic carbocycles. The first-order valence-electron chi connectivity index (χ1n) is 6.87. The van der Waals surface area contributed by atoms with Crippen LogP contribution in [0.5, 0.6) is 0 Å². The second-order valence-electron chi connectivity index (χ2n) is 4.16. The topological polar surface area (TPSA) is 61.8 Å². The third-order valence-corrected chi connectivity index (χ3v) is 2.42. The molecule has 0 bridgehead atoms. The lowest BCUT2D eigenvalue weighted by Gasteiger charge is -2.17. The molecule has 1 unspecified atom stereocenters. The summed E-state index contributed by atoms with van der Waals surface area (Å²) in [5.41, 5.74) is 0. The molecule has 0 radical (unpaired) electrons. The quantitative estimate of drug-likeness (QED) is 0.239. The van der Waals surface area contributed by atoms with E-state index in [1.54, 1.807) is 0 Å². The van der Waals surface area contributed by atoms with Crippen molar-refractivity contribution in [1.82, 2.24) is 0 Å². The minimum absolute atomic E-state index is 0.373. The number of rotatable bonds is 12. The Morgan fingerprint density at radius 2 is 1.75 bits per heavy atom. The molecule has 1 atom stereocenters. The van der Waals surface area contributed by atoms with E-state index in [1.165, 1.54) is 0 Å². The minimum atomic E-state index is -0.531. The number of carbonyl (C=O) groups is 2. The molecular weight excluding hydrogens is 260 g/mol. The van der Waals surface area contributed by atoms with Gasteiger partial charge in [0.15, 0.2) is 0 Å². The van der Waals surface area contributed by atoms with Crippen molar-refractivity contribution in [1.29, 1.82) is 0 Å². The second-order valence-corrected chi connectivity index (χ2v) is 4.16. The summed E-state index contributed by atoms with van der Waals surface area (Å²) >= 11 is 0. The third kappa shape index (κ3) is 10.3. The number of hydrogen-bond acceptors (Lipinski definition) is 5. The van der Waals surface area contributed by atoms with Crippen molar-refractivity contribution in [3.05, 3.63) is 25.3 Å². The van der Waals surface area contributed by atoms with E-state index in [4.69, 9.17) is 14.2 Å². The van der Waals surface area contributed by atoms with Crippen LogP contribution in [0.15, 0.2) is 25.3 Å². The predicted octanol–water partition coefficient (Wildman–Crippen LogP) is 2.76. The zero-order valence-corrected chi connectivity index (χ0v) is 12.1. The molecule has 0 heterocycles. The average Bonchev–Trinajstić information content (AvgIpc) is 2.47. The SMILES string of the molecule is C=CC(=O)OCCCCCC(OCCC)OC(=O)C=C. The highest BCUT2D eigenvalue weighted by molar-refractivity contribution is 5.81. The molecular formula is C15H24O5. The van der Waals surface area contributed by atoms with Gasteiger partial charge in [-0.1, -0.05) is 20.1 Å². The zero-order chi connectivity index (χ0) is 15.2. The highest BCUT2D eigenvalue weighted by Gasteiger charge is 2.12. The van der Waals surface area contributed by atoms with Crippen molar-refractivity contribution in [2.75, 3.05) is 13.2 Å². The van der Waals surface area contributed by atoms with Crippen LogP contribution in [-0.2, 0) is 23.8 Å². The molecule has 0 saturated carbocycles. The van der Waals surface area contributed by atoms with Crippen LogP contribution in [0, 0.1) is 0 Å². The summed E-state index contributed by atoms with van der Waals surface area (Å²) in [5.74, 6) is -0.889. The summed E-state index contributed by atoms with van der Waals surface area (Å²) in [6.07, 6.45) is 5.66. The fourth-order valence-corrected chi connectivity index (χ4v) is 1.42. The van der Waals surface area contributed by atoms with Crippen LogP contribution in [0.2, 0.25) is 0 Å². The van der Waals surface area contributed by atoms with Gasteiger partial charge in [-0.3, -0.25) is 0 Å². The molecule has 20 heavy (non-hydrogen) atoms. The fourth-order valence-electron chi connectivity index (χ4n) is 1.42. The Morgan fingerprint density at radius 3 is 2.35 bits per heavy atom. The van der Waals surface area contributed by atoms with Gasteiger partial charge in [-0.15, -0.1) is 0 Å². The van der Waals surface area contributed by atoms with Crippen LogP contribution in [0.4, 0.5) is 0 Å². The van der Waals surface area contributed by atoms with Crippen molar-refractivity contribution in [2.45, 2.75) is 45.3 Å². The maximum Gasteiger partial charge on any atom is 0.332 e. The zero-order valence-electron chi connectivity index (χ0n) is 12.1. The molecule has 5 heteroatoms. The lowest BCUT2D eigenvalue weighted by Crippen LogP contribution is -2.21. The maximum atomic E-state index is 11.1. The third-order valence-electron chi connectivity index (χ3n) is 2.42. The summed E-state index contributed by atoms with van der Waals surface area (Å²) in [7, 11) is 0. The highest BCUT2D eigenvalue weighted by Crippen LogP contribution is 2.10. The molecule has 114 valence electrons. The Balaban J connectivity index is 3.77. The van der Waals surface area contributed by atoms with E-state index in [-0.39, 0.29) is 0 Å². The molecule has 0 N–H and O–H groups in total. The molecule has 0 aliphatic rings. The molecule has 0 rings (SSSR count). The van der Waals surface area contributed by atoms with Gasteiger partial charge < -0.3 is 14.2 Å². The molecule has 0 amide bonds. The van der Waals surface area contributed by atoms with Gasteiger partial charge in [-0.25, -0.2) is 9.59 Å². The summed E-state index contributed by atoms with van der Waals surface area (Å²) in [6.45, 7) is 9.58. The average molecular weight is 284 g/mol. The molecule has 0 saturated heterocycles. The van der Waals surface area contributed by atoms with Crippen LogP contribution in [-0.4, -0.2) is 31.4 Å². The Bertz CT molecular complexity index is 311. The summed E-state index contributed by atoms with van der Waals surface area (Å²) in [6, 6.07) is 0. The van der Waals surface area contributed by atoms with Crippen molar-refractivity contribution >= 4 is 11.9 Å². The van der Waals surface area contributed by atoms with E-state index in [2.05, 4.69) is 13.2 Å². The number of unbranched alkanes of at least 4 members (excludes halogenated alkanes) is 2. The van der Waals surface area contributed by atoms with Crippen LogP contribution in [0.1, 0.15) is 39.0 Å². The van der Waals surface area contributed by atoms with Crippen LogP contribution >= 0.6 is 0 Å². The normalized spacial score (nSPS) is 11.4. The van der Waals surface area contributed by atoms with Crippen molar-refractivity contribution < 1.29 is 23.8 Å². The van der Waals surface area contributed by atoms with Gasteiger partial charge in [-0.05, 0) is 25.7 Å². The molecule has 0 aromatic rings. The standard InChI is InChI=1S/C15H24O5/c1-4-11-19-15(20-14(17)6-3)10-8-7-9-12-18-13(16)5-2/h5-6,15H,2-4,7-12H2,1H3. The Hall–Kier alpha value is -1.62. The minimum Gasteiger partial charge on any atom is -0.463 e. The van der Waals surface area contributed by atoms with E-state index in [0.717, 1.165) is 37.8 Å². The van der Waals surface area contributed by atoms with E-state index in [1.807, 2.05) is 6.92 Å². The monoisotopic (exact) mass is 284 g/mol. The Morgan fingerprint density at radius 1 is 1.05 bits per heavy atom. The van der Waals surface area contributed by atoms with E-state index < -0.39 is 18.2 Å². The summed E-state index contributed by atoms with van der Waals surface area (Å²) in [5, 5.41) is 0. The summed E-state index contributed by atoms with van der Waals surface area (Å²) in [4.78, 5) is 21.9. The second kappa shape index (κ2) is 12.4. The smallest absolute Gasteiger partial charge is 0.332 e. The molecule has 0 aliphatic heterocycles. The van der Waals surface area contributed by atoms with Gasteiger partial charge >= 0.3 is 11.9 Å². The maximum absolute atomic E-state index is 11.1. The van der Waals surface area contributed by atoms with Gasteiger partial charge in [0, 0.05) is 18.6 Å². The first kappa shape index (κ1) is 18.4. The van der Waals surface area contributed by atoms with Gasteiger partial charge in [0.2, 0.25) is 6.29 Å². The molecule has 0 fully saturated rings. The Labute approximate surface area is 120 Å². The van der Waals surface area contributed by atoms with Crippen LogP contribution < -0.4 is 0 Å². The summed E-state index contributed by atoms with van der Waals surface area (Å²) < 4.78 is 15.4. The van der Waals surface area contributed by atoms with Crippen molar-refractivity contribution in [3.63, 3.8) is 0 Å². The Kier molecular flexibility index (Phi) is 11.4. The van der Waals surface area contributed by atoms with E-state index >= 15 is 0 Å². The molecule has 0 spiro atoms. The highest BCUT2D eigenvalue weighted by atomic mass is 16.7. The molecule has 5 nitrogen and oxygen atoms in total. The van der Waals surface area contributed by atoms with Crippen molar-refractivity contribution in [2.24, 2.45) is 0 Å². The van der Waals surface area contributed by atoms with E-state index in [9.17, 15) is 9.59 Å².